The van der Waals surface area contributed by atoms with Gasteiger partial charge >= 0.3 is 0 Å². The van der Waals surface area contributed by atoms with Gasteiger partial charge < -0.3 is 15.2 Å². The molecule has 0 spiro atoms. The van der Waals surface area contributed by atoms with E-state index in [1.165, 1.54) is 0 Å². The Hall–Kier alpha value is -2.16. The summed E-state index contributed by atoms with van der Waals surface area (Å²) in [5.74, 6) is 0.394. The number of aliphatic hydroxyl groups is 1. The van der Waals surface area contributed by atoms with Gasteiger partial charge in [0.15, 0.2) is 5.69 Å². The number of likely N-dealkylation sites (tertiary alicyclic amines) is 1. The van der Waals surface area contributed by atoms with Crippen molar-refractivity contribution >= 4 is 17.5 Å². The Kier molecular flexibility index (Phi) is 5.52. The van der Waals surface area contributed by atoms with E-state index >= 15 is 0 Å². The van der Waals surface area contributed by atoms with Gasteiger partial charge in [0.25, 0.3) is 5.91 Å². The maximum Gasteiger partial charge on any atom is 0.273 e. The third-order valence-corrected chi connectivity index (χ3v) is 5.65. The van der Waals surface area contributed by atoms with Crippen LogP contribution in [0.4, 0.5) is 0 Å². The lowest BCUT2D eigenvalue weighted by atomic mass is 10.00. The first-order valence-corrected chi connectivity index (χ1v) is 9.93. The molecular formula is C19H24ClN5O3. The summed E-state index contributed by atoms with van der Waals surface area (Å²) in [5, 5.41) is 20.5. The molecule has 1 saturated carbocycles. The average molecular weight is 406 g/mol. The maximum absolute atomic E-state index is 12.3. The first-order chi connectivity index (χ1) is 13.6. The highest BCUT2D eigenvalue weighted by Crippen LogP contribution is 2.36. The number of halogens is 1. The van der Waals surface area contributed by atoms with Gasteiger partial charge in [-0.2, -0.15) is 0 Å². The summed E-state index contributed by atoms with van der Waals surface area (Å²) in [5.41, 5.74) is 1.34. The van der Waals surface area contributed by atoms with E-state index in [-0.39, 0.29) is 31.2 Å². The van der Waals surface area contributed by atoms with Gasteiger partial charge in [-0.3, -0.25) is 9.69 Å². The molecular weight excluding hydrogens is 382 g/mol. The van der Waals surface area contributed by atoms with E-state index < -0.39 is 0 Å². The molecule has 1 aromatic carbocycles. The van der Waals surface area contributed by atoms with Crippen LogP contribution in [0.25, 0.3) is 0 Å². The van der Waals surface area contributed by atoms with Gasteiger partial charge in [-0.25, -0.2) is 4.68 Å². The van der Waals surface area contributed by atoms with Crippen LogP contribution in [0.3, 0.4) is 0 Å². The Bertz CT molecular complexity index is 848. The Labute approximate surface area is 168 Å². The predicted molar refractivity (Wildman–Crippen MR) is 104 cm³/mol. The van der Waals surface area contributed by atoms with Crippen molar-refractivity contribution in [3.05, 3.63) is 40.7 Å². The highest BCUT2D eigenvalue weighted by molar-refractivity contribution is 6.32. The second-order valence-electron chi connectivity index (χ2n) is 7.35. The maximum atomic E-state index is 12.3. The van der Waals surface area contributed by atoms with Crippen molar-refractivity contribution in [1.82, 2.24) is 25.2 Å². The normalized spacial score (nSPS) is 18.5. The second kappa shape index (κ2) is 8.06. The van der Waals surface area contributed by atoms with Crippen molar-refractivity contribution < 1.29 is 14.6 Å². The van der Waals surface area contributed by atoms with Crippen molar-refractivity contribution in [3.63, 3.8) is 0 Å². The van der Waals surface area contributed by atoms with E-state index in [0.717, 1.165) is 31.5 Å². The second-order valence-corrected chi connectivity index (χ2v) is 7.72. The minimum atomic E-state index is -0.179. The molecule has 0 bridgehead atoms. The Balaban J connectivity index is 1.31. The van der Waals surface area contributed by atoms with Gasteiger partial charge in [-0.15, -0.1) is 5.10 Å². The Morgan fingerprint density at radius 1 is 1.43 bits per heavy atom. The number of nitrogens with one attached hydrogen (secondary N) is 1. The molecule has 2 aromatic rings. The van der Waals surface area contributed by atoms with Crippen LogP contribution in [0.5, 0.6) is 5.75 Å². The van der Waals surface area contributed by atoms with Gasteiger partial charge in [-0.05, 0) is 31.4 Å². The van der Waals surface area contributed by atoms with Gasteiger partial charge in [-0.1, -0.05) is 28.9 Å². The van der Waals surface area contributed by atoms with Gasteiger partial charge in [0, 0.05) is 19.1 Å². The van der Waals surface area contributed by atoms with Crippen LogP contribution in [0.1, 0.15) is 47.9 Å². The summed E-state index contributed by atoms with van der Waals surface area (Å²) in [6.45, 7) is 3.71. The number of carbonyl (C=O) groups excluding carboxylic acids is 1. The van der Waals surface area contributed by atoms with Crippen LogP contribution in [-0.4, -0.2) is 63.3 Å². The fourth-order valence-electron chi connectivity index (χ4n) is 3.39. The quantitative estimate of drug-likeness (QED) is 0.695. The zero-order valence-electron chi connectivity index (χ0n) is 15.7. The minimum Gasteiger partial charge on any atom is -0.490 e. The van der Waals surface area contributed by atoms with E-state index in [1.807, 2.05) is 12.1 Å². The molecule has 2 fully saturated rings. The highest BCUT2D eigenvalue weighted by atomic mass is 35.5. The van der Waals surface area contributed by atoms with Crippen molar-refractivity contribution in [2.75, 3.05) is 26.3 Å². The topological polar surface area (TPSA) is 92.5 Å². The molecule has 0 unspecified atom stereocenters. The first kappa shape index (κ1) is 19.2. The number of aliphatic hydroxyl groups excluding tert-OH is 1. The number of nitrogens with zero attached hydrogens (tertiary/aromatic N) is 4. The number of rotatable bonds is 8. The summed E-state index contributed by atoms with van der Waals surface area (Å²) < 4.78 is 7.26. The SMILES string of the molecule is C[C@@H](c1cccc(OCCO)c1Cl)N1CC(NC(=O)c2cn(C3CC3)nn2)C1. The highest BCUT2D eigenvalue weighted by Gasteiger charge is 2.34. The smallest absolute Gasteiger partial charge is 0.273 e. The van der Waals surface area contributed by atoms with Crippen LogP contribution < -0.4 is 10.1 Å². The van der Waals surface area contributed by atoms with Crippen LogP contribution in [0.2, 0.25) is 5.02 Å². The van der Waals surface area contributed by atoms with E-state index in [4.69, 9.17) is 21.4 Å². The summed E-state index contributed by atoms with van der Waals surface area (Å²) in [6, 6.07) is 6.24. The van der Waals surface area contributed by atoms with Crippen molar-refractivity contribution in [1.29, 1.82) is 0 Å². The van der Waals surface area contributed by atoms with E-state index in [1.54, 1.807) is 16.9 Å². The third kappa shape index (κ3) is 3.99. The number of carbonyl (C=O) groups is 1. The molecule has 1 atom stereocenters. The van der Waals surface area contributed by atoms with Gasteiger partial charge in [0.2, 0.25) is 0 Å². The lowest BCUT2D eigenvalue weighted by Crippen LogP contribution is -2.59. The van der Waals surface area contributed by atoms with E-state index in [0.29, 0.717) is 22.5 Å². The number of hydrogen-bond donors (Lipinski definition) is 2. The summed E-state index contributed by atoms with van der Waals surface area (Å²) >= 11 is 6.48. The molecule has 28 heavy (non-hydrogen) atoms. The summed E-state index contributed by atoms with van der Waals surface area (Å²) in [6.07, 6.45) is 3.94. The predicted octanol–water partition coefficient (Wildman–Crippen LogP) is 1.81. The summed E-state index contributed by atoms with van der Waals surface area (Å²) in [4.78, 5) is 14.6. The largest absolute Gasteiger partial charge is 0.490 e. The molecule has 2 aliphatic rings. The zero-order valence-corrected chi connectivity index (χ0v) is 16.5. The molecule has 1 aliphatic heterocycles. The number of amides is 1. The molecule has 2 heterocycles. The van der Waals surface area contributed by atoms with Crippen molar-refractivity contribution in [3.8, 4) is 5.75 Å². The molecule has 150 valence electrons. The zero-order chi connectivity index (χ0) is 19.7. The van der Waals surface area contributed by atoms with E-state index in [9.17, 15) is 4.79 Å². The molecule has 0 radical (unpaired) electrons. The van der Waals surface area contributed by atoms with Crippen molar-refractivity contribution in [2.45, 2.75) is 37.9 Å². The van der Waals surface area contributed by atoms with Gasteiger partial charge in [0.1, 0.15) is 12.4 Å². The van der Waals surface area contributed by atoms with Crippen LogP contribution in [0.15, 0.2) is 24.4 Å². The van der Waals surface area contributed by atoms with E-state index in [2.05, 4.69) is 27.5 Å². The lowest BCUT2D eigenvalue weighted by molar-refractivity contribution is 0.0672. The molecule has 4 rings (SSSR count). The molecule has 9 heteroatoms. The molecule has 1 aromatic heterocycles. The van der Waals surface area contributed by atoms with Crippen LogP contribution in [-0.2, 0) is 0 Å². The molecule has 1 amide bonds. The standard InChI is InChI=1S/C19H24ClN5O3/c1-12(15-3-2-4-17(18(15)20)28-8-7-26)24-9-13(10-24)21-19(27)16-11-25(23-22-16)14-5-6-14/h2-4,11-14,26H,5-10H2,1H3,(H,21,27)/t12-/m0/s1. The number of benzene rings is 1. The monoisotopic (exact) mass is 405 g/mol. The number of hydrogen-bond acceptors (Lipinski definition) is 6. The number of ether oxygens (including phenoxy) is 1. The molecule has 2 N–H and O–H groups in total. The van der Waals surface area contributed by atoms with Crippen LogP contribution >= 0.6 is 11.6 Å². The van der Waals surface area contributed by atoms with Crippen molar-refractivity contribution in [2.24, 2.45) is 0 Å². The first-order valence-electron chi connectivity index (χ1n) is 9.55. The average Bonchev–Trinajstić information content (AvgIpc) is 3.39. The number of aromatic nitrogens is 3. The fourth-order valence-corrected chi connectivity index (χ4v) is 3.73. The molecule has 8 nitrogen and oxygen atoms in total. The summed E-state index contributed by atoms with van der Waals surface area (Å²) in [7, 11) is 0. The fraction of sp³-hybridized carbons (Fsp3) is 0.526. The third-order valence-electron chi connectivity index (χ3n) is 5.25. The molecule has 1 aliphatic carbocycles. The lowest BCUT2D eigenvalue weighted by Gasteiger charge is -2.43. The van der Waals surface area contributed by atoms with Crippen LogP contribution in [0, 0.1) is 0 Å². The Morgan fingerprint density at radius 3 is 2.93 bits per heavy atom. The Morgan fingerprint density at radius 2 is 2.21 bits per heavy atom. The minimum absolute atomic E-state index is 0.0575. The van der Waals surface area contributed by atoms with Gasteiger partial charge in [0.05, 0.1) is 29.9 Å². The molecule has 1 saturated heterocycles.